The Labute approximate surface area is 297 Å². The molecule has 0 saturated carbocycles. The smallest absolute Gasteiger partial charge is 0.0468 e. The van der Waals surface area contributed by atoms with Crippen molar-refractivity contribution in [2.75, 3.05) is 4.90 Å². The maximum Gasteiger partial charge on any atom is 0.0468 e. The number of fused-ring (bicyclic) bond motifs is 8. The van der Waals surface area contributed by atoms with Gasteiger partial charge in [0.25, 0.3) is 0 Å². The molecule has 238 valence electrons. The lowest BCUT2D eigenvalue weighted by atomic mass is 9.89. The summed E-state index contributed by atoms with van der Waals surface area (Å²) in [6.07, 6.45) is 0. The van der Waals surface area contributed by atoms with Crippen LogP contribution < -0.4 is 4.90 Å². The lowest BCUT2D eigenvalue weighted by molar-refractivity contribution is 1.29. The van der Waals surface area contributed by atoms with Crippen LogP contribution in [0.2, 0.25) is 0 Å². The van der Waals surface area contributed by atoms with Crippen LogP contribution in [-0.4, -0.2) is 0 Å². The summed E-state index contributed by atoms with van der Waals surface area (Å²) < 4.78 is 0. The van der Waals surface area contributed by atoms with Crippen molar-refractivity contribution in [1.29, 1.82) is 0 Å². The Morgan fingerprint density at radius 1 is 0.255 bits per heavy atom. The van der Waals surface area contributed by atoms with Crippen molar-refractivity contribution < 1.29 is 0 Å². The number of hydrogen-bond acceptors (Lipinski definition) is 1. The van der Waals surface area contributed by atoms with Gasteiger partial charge in [-0.1, -0.05) is 164 Å². The summed E-state index contributed by atoms with van der Waals surface area (Å²) in [7, 11) is 0. The molecule has 0 atom stereocenters. The second-order valence-corrected chi connectivity index (χ2v) is 13.3. The van der Waals surface area contributed by atoms with Crippen LogP contribution >= 0.6 is 0 Å². The molecule has 10 rings (SSSR count). The molecule has 0 unspecified atom stereocenters. The van der Waals surface area contributed by atoms with Gasteiger partial charge in [0.05, 0.1) is 0 Å². The zero-order chi connectivity index (χ0) is 33.7. The fourth-order valence-corrected chi connectivity index (χ4v) is 7.92. The molecule has 0 radical (unpaired) electrons. The van der Waals surface area contributed by atoms with Crippen LogP contribution in [0.15, 0.2) is 200 Å². The molecule has 1 heteroatoms. The van der Waals surface area contributed by atoms with Gasteiger partial charge in [-0.25, -0.2) is 0 Å². The Bertz CT molecular complexity index is 2780. The highest BCUT2D eigenvalue weighted by Crippen LogP contribution is 2.41. The van der Waals surface area contributed by atoms with E-state index in [1.807, 2.05) is 0 Å². The van der Waals surface area contributed by atoms with Crippen LogP contribution in [0.1, 0.15) is 0 Å². The van der Waals surface area contributed by atoms with Crippen LogP contribution in [0.5, 0.6) is 0 Å². The molecule has 0 N–H and O–H groups in total. The summed E-state index contributed by atoms with van der Waals surface area (Å²) >= 11 is 0. The first-order valence-corrected chi connectivity index (χ1v) is 17.6. The number of rotatable bonds is 5. The van der Waals surface area contributed by atoms with E-state index in [0.717, 1.165) is 17.1 Å². The summed E-state index contributed by atoms with van der Waals surface area (Å²) in [6, 6.07) is 73.0. The lowest BCUT2D eigenvalue weighted by Crippen LogP contribution is -2.09. The standard InChI is InChI=1S/C50H33N/c1-3-12-39-32-42(30-26-34(39)10-1)51(43-31-27-35-11-2-4-13-40(35)33-43)41-28-24-37(25-29-41)36-20-22-38(23-21-36)44-18-9-19-49-47-15-6-5-14-45(47)46-16-7-8-17-48(46)50(44)49/h1-33H. The molecule has 0 heterocycles. The van der Waals surface area contributed by atoms with E-state index in [-0.39, 0.29) is 0 Å². The second kappa shape index (κ2) is 12.0. The summed E-state index contributed by atoms with van der Waals surface area (Å²) in [6.45, 7) is 0. The molecule has 0 aliphatic rings. The normalized spacial score (nSPS) is 11.5. The van der Waals surface area contributed by atoms with E-state index in [1.165, 1.54) is 76.1 Å². The summed E-state index contributed by atoms with van der Waals surface area (Å²) in [5.41, 5.74) is 8.27. The van der Waals surface area contributed by atoms with E-state index in [2.05, 4.69) is 205 Å². The van der Waals surface area contributed by atoms with Gasteiger partial charge in [0.1, 0.15) is 0 Å². The maximum atomic E-state index is 2.36. The number of anilines is 3. The van der Waals surface area contributed by atoms with Crippen molar-refractivity contribution in [1.82, 2.24) is 0 Å². The third kappa shape index (κ3) is 5.02. The SMILES string of the molecule is c1ccc2cc(N(c3ccc(-c4ccc(-c5cccc6c7ccccc7c7ccccc7c56)cc4)cc3)c3ccc4ccccc4c3)ccc2c1. The van der Waals surface area contributed by atoms with Gasteiger partial charge in [-0.3, -0.25) is 0 Å². The van der Waals surface area contributed by atoms with Gasteiger partial charge in [-0.05, 0) is 113 Å². The molecule has 0 aliphatic heterocycles. The molecular weight excluding hydrogens is 615 g/mol. The minimum absolute atomic E-state index is 1.12. The maximum absolute atomic E-state index is 2.36. The van der Waals surface area contributed by atoms with E-state index in [0.29, 0.717) is 0 Å². The summed E-state index contributed by atoms with van der Waals surface area (Å²) in [4.78, 5) is 2.36. The number of nitrogens with zero attached hydrogens (tertiary/aromatic N) is 1. The van der Waals surface area contributed by atoms with E-state index < -0.39 is 0 Å². The van der Waals surface area contributed by atoms with Crippen molar-refractivity contribution >= 4 is 70.9 Å². The van der Waals surface area contributed by atoms with Crippen molar-refractivity contribution in [3.05, 3.63) is 200 Å². The Hall–Kier alpha value is -6.70. The lowest BCUT2D eigenvalue weighted by Gasteiger charge is -2.26. The third-order valence-corrected chi connectivity index (χ3v) is 10.4. The Morgan fingerprint density at radius 2 is 0.647 bits per heavy atom. The van der Waals surface area contributed by atoms with Crippen LogP contribution in [-0.2, 0) is 0 Å². The van der Waals surface area contributed by atoms with Gasteiger partial charge in [0.2, 0.25) is 0 Å². The average Bonchev–Trinajstić information content (AvgIpc) is 3.21. The highest BCUT2D eigenvalue weighted by atomic mass is 15.1. The monoisotopic (exact) mass is 647 g/mol. The first-order chi connectivity index (χ1) is 25.3. The minimum atomic E-state index is 1.12. The minimum Gasteiger partial charge on any atom is -0.310 e. The molecular formula is C50H33N. The van der Waals surface area contributed by atoms with Crippen molar-refractivity contribution in [3.63, 3.8) is 0 Å². The van der Waals surface area contributed by atoms with Gasteiger partial charge < -0.3 is 4.90 Å². The average molecular weight is 648 g/mol. The molecule has 0 fully saturated rings. The predicted molar refractivity (Wildman–Crippen MR) is 220 cm³/mol. The first-order valence-electron chi connectivity index (χ1n) is 17.6. The summed E-state index contributed by atoms with van der Waals surface area (Å²) in [5, 5.41) is 12.7. The number of benzene rings is 10. The fraction of sp³-hybridized carbons (Fsp3) is 0. The van der Waals surface area contributed by atoms with Crippen LogP contribution in [0.4, 0.5) is 17.1 Å². The van der Waals surface area contributed by atoms with Crippen molar-refractivity contribution in [3.8, 4) is 22.3 Å². The zero-order valence-corrected chi connectivity index (χ0v) is 28.0. The van der Waals surface area contributed by atoms with E-state index >= 15 is 0 Å². The van der Waals surface area contributed by atoms with Crippen molar-refractivity contribution in [2.24, 2.45) is 0 Å². The molecule has 51 heavy (non-hydrogen) atoms. The highest BCUT2D eigenvalue weighted by molar-refractivity contribution is 6.28. The molecule has 0 amide bonds. The molecule has 0 aliphatic carbocycles. The molecule has 0 spiro atoms. The first kappa shape index (κ1) is 29.2. The molecule has 1 nitrogen and oxygen atoms in total. The molecule has 10 aromatic rings. The van der Waals surface area contributed by atoms with Gasteiger partial charge in [0, 0.05) is 17.1 Å². The van der Waals surface area contributed by atoms with E-state index in [9.17, 15) is 0 Å². The van der Waals surface area contributed by atoms with Gasteiger partial charge in [-0.15, -0.1) is 0 Å². The quantitative estimate of drug-likeness (QED) is 0.168. The van der Waals surface area contributed by atoms with E-state index in [1.54, 1.807) is 0 Å². The van der Waals surface area contributed by atoms with Crippen LogP contribution in [0.3, 0.4) is 0 Å². The van der Waals surface area contributed by atoms with Crippen molar-refractivity contribution in [2.45, 2.75) is 0 Å². The van der Waals surface area contributed by atoms with Crippen LogP contribution in [0.25, 0.3) is 76.1 Å². The number of hydrogen-bond donors (Lipinski definition) is 0. The molecule has 0 saturated heterocycles. The zero-order valence-electron chi connectivity index (χ0n) is 28.0. The van der Waals surface area contributed by atoms with E-state index in [4.69, 9.17) is 0 Å². The summed E-state index contributed by atoms with van der Waals surface area (Å²) in [5.74, 6) is 0. The Kier molecular flexibility index (Phi) is 6.89. The topological polar surface area (TPSA) is 3.24 Å². The third-order valence-electron chi connectivity index (χ3n) is 10.4. The van der Waals surface area contributed by atoms with Gasteiger partial charge in [-0.2, -0.15) is 0 Å². The fourth-order valence-electron chi connectivity index (χ4n) is 7.92. The van der Waals surface area contributed by atoms with Crippen LogP contribution in [0, 0.1) is 0 Å². The molecule has 10 aromatic carbocycles. The van der Waals surface area contributed by atoms with Gasteiger partial charge in [0.15, 0.2) is 0 Å². The molecule has 0 bridgehead atoms. The Morgan fingerprint density at radius 3 is 1.20 bits per heavy atom. The highest BCUT2D eigenvalue weighted by Gasteiger charge is 2.15. The second-order valence-electron chi connectivity index (χ2n) is 13.3. The molecule has 0 aromatic heterocycles. The Balaban J connectivity index is 1.04. The van der Waals surface area contributed by atoms with Gasteiger partial charge >= 0.3 is 0 Å². The largest absolute Gasteiger partial charge is 0.310 e. The predicted octanol–water partition coefficient (Wildman–Crippen LogP) is 14.3.